The molecule has 0 bridgehead atoms. The molecule has 6 heteroatoms. The summed E-state index contributed by atoms with van der Waals surface area (Å²) in [7, 11) is 0. The molecule has 0 aliphatic heterocycles. The molecule has 0 aliphatic rings. The van der Waals surface area contributed by atoms with Crippen molar-refractivity contribution < 1.29 is 4.79 Å². The highest BCUT2D eigenvalue weighted by Gasteiger charge is 2.13. The molecule has 18 heavy (non-hydrogen) atoms. The number of rotatable bonds is 4. The molecule has 6 nitrogen and oxygen atoms in total. The lowest BCUT2D eigenvalue weighted by Crippen LogP contribution is -2.27. The molecule has 1 atom stereocenters. The third-order valence-corrected chi connectivity index (χ3v) is 2.63. The highest BCUT2D eigenvalue weighted by atomic mass is 16.1. The fourth-order valence-electron chi connectivity index (χ4n) is 1.48. The molecule has 2 rings (SSSR count). The SMILES string of the molecule is CC(CN)C(=O)Nc1ccccc1-n1ccnn1. The van der Waals surface area contributed by atoms with Gasteiger partial charge in [0.05, 0.1) is 23.8 Å². The Labute approximate surface area is 105 Å². The molecule has 3 N–H and O–H groups in total. The van der Waals surface area contributed by atoms with Crippen molar-refractivity contribution >= 4 is 11.6 Å². The zero-order valence-corrected chi connectivity index (χ0v) is 10.1. The molecule has 1 unspecified atom stereocenters. The molecule has 0 saturated carbocycles. The molecule has 0 spiro atoms. The highest BCUT2D eigenvalue weighted by molar-refractivity contribution is 5.94. The first-order valence-electron chi connectivity index (χ1n) is 5.69. The van der Waals surface area contributed by atoms with E-state index in [0.717, 1.165) is 5.69 Å². The van der Waals surface area contributed by atoms with E-state index in [-0.39, 0.29) is 11.8 Å². The zero-order chi connectivity index (χ0) is 13.0. The number of anilines is 1. The van der Waals surface area contributed by atoms with E-state index in [4.69, 9.17) is 5.73 Å². The van der Waals surface area contributed by atoms with E-state index in [1.54, 1.807) is 24.0 Å². The first kappa shape index (κ1) is 12.3. The summed E-state index contributed by atoms with van der Waals surface area (Å²) in [6.07, 6.45) is 3.30. The quantitative estimate of drug-likeness (QED) is 0.834. The second kappa shape index (κ2) is 5.42. The molecule has 0 saturated heterocycles. The van der Waals surface area contributed by atoms with Gasteiger partial charge < -0.3 is 11.1 Å². The van der Waals surface area contributed by atoms with Crippen LogP contribution in [0.25, 0.3) is 5.69 Å². The summed E-state index contributed by atoms with van der Waals surface area (Å²) in [6.45, 7) is 2.10. The number of carbonyl (C=O) groups excluding carboxylic acids is 1. The fraction of sp³-hybridized carbons (Fsp3) is 0.250. The van der Waals surface area contributed by atoms with Crippen LogP contribution in [0.4, 0.5) is 5.69 Å². The predicted molar refractivity (Wildman–Crippen MR) is 68.2 cm³/mol. The molecular formula is C12H15N5O. The normalized spacial score (nSPS) is 12.1. The second-order valence-corrected chi connectivity index (χ2v) is 3.99. The maximum absolute atomic E-state index is 11.8. The molecule has 1 amide bonds. The predicted octanol–water partition coefficient (Wildman–Crippen LogP) is 0.801. The van der Waals surface area contributed by atoms with Crippen molar-refractivity contribution in [1.29, 1.82) is 0 Å². The maximum atomic E-state index is 11.8. The topological polar surface area (TPSA) is 85.8 Å². The summed E-state index contributed by atoms with van der Waals surface area (Å²) in [5, 5.41) is 10.5. The minimum absolute atomic E-state index is 0.106. The lowest BCUT2D eigenvalue weighted by atomic mass is 10.1. The number of nitrogens with zero attached hydrogens (tertiary/aromatic N) is 3. The molecular weight excluding hydrogens is 230 g/mol. The summed E-state index contributed by atoms with van der Waals surface area (Å²) in [6, 6.07) is 7.40. The van der Waals surface area contributed by atoms with Gasteiger partial charge in [-0.1, -0.05) is 24.3 Å². The molecule has 1 heterocycles. The van der Waals surface area contributed by atoms with Gasteiger partial charge in [-0.15, -0.1) is 5.10 Å². The Hall–Kier alpha value is -2.21. The van der Waals surface area contributed by atoms with E-state index in [1.165, 1.54) is 0 Å². The van der Waals surface area contributed by atoms with Crippen LogP contribution in [0.1, 0.15) is 6.92 Å². The fourth-order valence-corrected chi connectivity index (χ4v) is 1.48. The largest absolute Gasteiger partial charge is 0.330 e. The summed E-state index contributed by atoms with van der Waals surface area (Å²) in [5.41, 5.74) is 6.93. The van der Waals surface area contributed by atoms with Gasteiger partial charge in [0, 0.05) is 12.5 Å². The van der Waals surface area contributed by atoms with Gasteiger partial charge in [0.1, 0.15) is 0 Å². The minimum Gasteiger partial charge on any atom is -0.330 e. The van der Waals surface area contributed by atoms with Crippen molar-refractivity contribution in [3.8, 4) is 5.69 Å². The average molecular weight is 245 g/mol. The number of benzene rings is 1. The first-order valence-corrected chi connectivity index (χ1v) is 5.69. The first-order chi connectivity index (χ1) is 8.72. The number of hydrogen-bond acceptors (Lipinski definition) is 4. The summed E-state index contributed by atoms with van der Waals surface area (Å²) in [5.74, 6) is -0.334. The number of para-hydroxylation sites is 2. The molecule has 2 aromatic rings. The van der Waals surface area contributed by atoms with E-state index in [2.05, 4.69) is 15.6 Å². The van der Waals surface area contributed by atoms with Crippen molar-refractivity contribution in [2.75, 3.05) is 11.9 Å². The highest BCUT2D eigenvalue weighted by Crippen LogP contribution is 2.19. The van der Waals surface area contributed by atoms with Gasteiger partial charge in [-0.05, 0) is 12.1 Å². The Balaban J connectivity index is 2.26. The lowest BCUT2D eigenvalue weighted by Gasteiger charge is -2.13. The Bertz CT molecular complexity index is 523. The van der Waals surface area contributed by atoms with Crippen LogP contribution >= 0.6 is 0 Å². The van der Waals surface area contributed by atoms with Crippen molar-refractivity contribution in [3.63, 3.8) is 0 Å². The van der Waals surface area contributed by atoms with Crippen LogP contribution in [-0.4, -0.2) is 27.4 Å². The van der Waals surface area contributed by atoms with Crippen molar-refractivity contribution in [2.45, 2.75) is 6.92 Å². The second-order valence-electron chi connectivity index (χ2n) is 3.99. The number of nitrogens with one attached hydrogen (secondary N) is 1. The minimum atomic E-state index is -0.228. The van der Waals surface area contributed by atoms with E-state index in [9.17, 15) is 4.79 Å². The number of amides is 1. The van der Waals surface area contributed by atoms with Crippen LogP contribution < -0.4 is 11.1 Å². The third kappa shape index (κ3) is 2.54. The Morgan fingerprint density at radius 1 is 1.50 bits per heavy atom. The Kier molecular flexibility index (Phi) is 3.69. The van der Waals surface area contributed by atoms with Crippen LogP contribution in [0, 0.1) is 5.92 Å². The van der Waals surface area contributed by atoms with Crippen molar-refractivity contribution in [1.82, 2.24) is 15.0 Å². The average Bonchev–Trinajstić information content (AvgIpc) is 2.92. The summed E-state index contributed by atoms with van der Waals surface area (Å²) < 4.78 is 1.60. The molecule has 0 radical (unpaired) electrons. The van der Waals surface area contributed by atoms with Crippen LogP contribution in [0.5, 0.6) is 0 Å². The summed E-state index contributed by atoms with van der Waals surface area (Å²) >= 11 is 0. The number of nitrogens with two attached hydrogens (primary N) is 1. The van der Waals surface area contributed by atoms with Crippen molar-refractivity contribution in [2.24, 2.45) is 11.7 Å². The number of hydrogen-bond donors (Lipinski definition) is 2. The van der Waals surface area contributed by atoms with E-state index in [1.807, 2.05) is 24.3 Å². The maximum Gasteiger partial charge on any atom is 0.228 e. The van der Waals surface area contributed by atoms with Crippen LogP contribution in [0.3, 0.4) is 0 Å². The van der Waals surface area contributed by atoms with Gasteiger partial charge in [-0.25, -0.2) is 4.68 Å². The molecule has 94 valence electrons. The molecule has 1 aromatic carbocycles. The lowest BCUT2D eigenvalue weighted by molar-refractivity contribution is -0.119. The van der Waals surface area contributed by atoms with Crippen LogP contribution in [-0.2, 0) is 4.79 Å². The van der Waals surface area contributed by atoms with Gasteiger partial charge in [0.2, 0.25) is 5.91 Å². The molecule has 0 fully saturated rings. The third-order valence-electron chi connectivity index (χ3n) is 2.63. The zero-order valence-electron chi connectivity index (χ0n) is 10.1. The van der Waals surface area contributed by atoms with Gasteiger partial charge in [-0.2, -0.15) is 0 Å². The van der Waals surface area contributed by atoms with E-state index < -0.39 is 0 Å². The van der Waals surface area contributed by atoms with E-state index >= 15 is 0 Å². The van der Waals surface area contributed by atoms with E-state index in [0.29, 0.717) is 12.2 Å². The smallest absolute Gasteiger partial charge is 0.228 e. The van der Waals surface area contributed by atoms with Crippen LogP contribution in [0.15, 0.2) is 36.7 Å². The Morgan fingerprint density at radius 3 is 2.94 bits per heavy atom. The van der Waals surface area contributed by atoms with Gasteiger partial charge >= 0.3 is 0 Å². The van der Waals surface area contributed by atoms with Gasteiger partial charge in [0.25, 0.3) is 0 Å². The summed E-state index contributed by atoms with van der Waals surface area (Å²) in [4.78, 5) is 11.8. The monoisotopic (exact) mass is 245 g/mol. The Morgan fingerprint density at radius 2 is 2.28 bits per heavy atom. The standard InChI is InChI=1S/C12H15N5O/c1-9(8-13)12(18)15-10-4-2-3-5-11(10)17-7-6-14-16-17/h2-7,9H,8,13H2,1H3,(H,15,18). The molecule has 1 aromatic heterocycles. The van der Waals surface area contributed by atoms with Crippen molar-refractivity contribution in [3.05, 3.63) is 36.7 Å². The van der Waals surface area contributed by atoms with Gasteiger partial charge in [-0.3, -0.25) is 4.79 Å². The number of carbonyl (C=O) groups is 1. The van der Waals surface area contributed by atoms with Crippen LogP contribution in [0.2, 0.25) is 0 Å². The van der Waals surface area contributed by atoms with Gasteiger partial charge in [0.15, 0.2) is 0 Å². The number of aromatic nitrogens is 3. The molecule has 0 aliphatic carbocycles.